The van der Waals surface area contributed by atoms with Gasteiger partial charge in [-0.2, -0.15) is 0 Å². The van der Waals surface area contributed by atoms with Crippen molar-refractivity contribution in [3.8, 4) is 0 Å². The van der Waals surface area contributed by atoms with Crippen LogP contribution in [0.2, 0.25) is 0 Å². The highest BCUT2D eigenvalue weighted by Crippen LogP contribution is 2.27. The van der Waals surface area contributed by atoms with Crippen molar-refractivity contribution in [2.45, 2.75) is 44.3 Å². The molecule has 2 saturated heterocycles. The summed E-state index contributed by atoms with van der Waals surface area (Å²) in [4.78, 5) is 2.26. The van der Waals surface area contributed by atoms with Crippen molar-refractivity contribution < 1.29 is 13.2 Å². The lowest BCUT2D eigenvalue weighted by Crippen LogP contribution is -2.43. The van der Waals surface area contributed by atoms with E-state index in [0.717, 1.165) is 44.5 Å². The van der Waals surface area contributed by atoms with Crippen molar-refractivity contribution in [3.63, 3.8) is 0 Å². The lowest BCUT2D eigenvalue weighted by Gasteiger charge is -2.29. The fourth-order valence-corrected chi connectivity index (χ4v) is 3.48. The van der Waals surface area contributed by atoms with E-state index in [-0.39, 0.29) is 0 Å². The summed E-state index contributed by atoms with van der Waals surface area (Å²) in [7, 11) is 0. The average molecular weight is 284 g/mol. The fourth-order valence-electron chi connectivity index (χ4n) is 3.48. The third-order valence-corrected chi connectivity index (χ3v) is 4.41. The standard InChI is InChI=1S/C15H19F3N2/c16-11-7-10(8-12(17)15(11)18)9-20-6-2-4-14(20)13-3-1-5-19-13/h7-8,13-14,19H,1-6,9H2. The molecule has 5 heteroatoms. The van der Waals surface area contributed by atoms with Crippen LogP contribution in [-0.2, 0) is 6.54 Å². The van der Waals surface area contributed by atoms with Crippen LogP contribution in [0.3, 0.4) is 0 Å². The number of nitrogens with one attached hydrogen (secondary N) is 1. The number of nitrogens with zero attached hydrogens (tertiary/aromatic N) is 1. The van der Waals surface area contributed by atoms with E-state index in [0.29, 0.717) is 24.2 Å². The number of benzene rings is 1. The van der Waals surface area contributed by atoms with Gasteiger partial charge in [-0.15, -0.1) is 0 Å². The van der Waals surface area contributed by atoms with Crippen molar-refractivity contribution in [1.29, 1.82) is 0 Å². The molecule has 2 aliphatic heterocycles. The predicted octanol–water partition coefficient (Wildman–Crippen LogP) is 2.82. The zero-order chi connectivity index (χ0) is 14.1. The van der Waals surface area contributed by atoms with Crippen molar-refractivity contribution >= 4 is 0 Å². The first kappa shape index (κ1) is 13.9. The maximum Gasteiger partial charge on any atom is 0.194 e. The Balaban J connectivity index is 1.73. The molecule has 2 unspecified atom stereocenters. The number of rotatable bonds is 3. The van der Waals surface area contributed by atoms with Gasteiger partial charge in [0, 0.05) is 18.6 Å². The highest BCUT2D eigenvalue weighted by molar-refractivity contribution is 5.19. The average Bonchev–Trinajstić information content (AvgIpc) is 3.05. The molecular weight excluding hydrogens is 265 g/mol. The second-order valence-electron chi connectivity index (χ2n) is 5.76. The molecule has 0 amide bonds. The van der Waals surface area contributed by atoms with Crippen LogP contribution < -0.4 is 5.32 Å². The summed E-state index contributed by atoms with van der Waals surface area (Å²) in [5.74, 6) is -3.59. The number of hydrogen-bond acceptors (Lipinski definition) is 2. The first-order valence-corrected chi connectivity index (χ1v) is 7.26. The molecule has 2 aliphatic rings. The summed E-state index contributed by atoms with van der Waals surface area (Å²) in [5.41, 5.74) is 0.506. The maximum absolute atomic E-state index is 13.3. The number of halogens is 3. The van der Waals surface area contributed by atoms with Crippen molar-refractivity contribution in [3.05, 3.63) is 35.1 Å². The molecule has 2 atom stereocenters. The molecule has 20 heavy (non-hydrogen) atoms. The molecule has 0 aliphatic carbocycles. The monoisotopic (exact) mass is 284 g/mol. The van der Waals surface area contributed by atoms with Crippen LogP contribution in [-0.4, -0.2) is 30.1 Å². The SMILES string of the molecule is Fc1cc(CN2CCCC2C2CCCN2)cc(F)c1F. The van der Waals surface area contributed by atoms with Gasteiger partial charge in [-0.25, -0.2) is 13.2 Å². The third kappa shape index (κ3) is 2.69. The first-order chi connectivity index (χ1) is 9.65. The van der Waals surface area contributed by atoms with Crippen molar-refractivity contribution in [2.75, 3.05) is 13.1 Å². The second kappa shape index (κ2) is 5.74. The van der Waals surface area contributed by atoms with Crippen LogP contribution in [0.5, 0.6) is 0 Å². The summed E-state index contributed by atoms with van der Waals surface area (Å²) >= 11 is 0. The number of likely N-dealkylation sites (tertiary alicyclic amines) is 1. The van der Waals surface area contributed by atoms with Crippen molar-refractivity contribution in [1.82, 2.24) is 10.2 Å². The minimum Gasteiger partial charge on any atom is -0.312 e. The summed E-state index contributed by atoms with van der Waals surface area (Å²) in [6.45, 7) is 2.47. The Hall–Kier alpha value is -1.07. The Kier molecular flexibility index (Phi) is 3.98. The van der Waals surface area contributed by atoms with Crippen LogP contribution in [0.15, 0.2) is 12.1 Å². The molecule has 3 rings (SSSR count). The molecule has 1 aromatic rings. The quantitative estimate of drug-likeness (QED) is 0.859. The molecule has 1 aromatic carbocycles. The van der Waals surface area contributed by atoms with Crippen LogP contribution in [0.25, 0.3) is 0 Å². The van der Waals surface area contributed by atoms with E-state index in [2.05, 4.69) is 10.2 Å². The van der Waals surface area contributed by atoms with Crippen molar-refractivity contribution in [2.24, 2.45) is 0 Å². The molecule has 0 aromatic heterocycles. The summed E-state index contributed by atoms with van der Waals surface area (Å²) in [5, 5.41) is 3.50. The Bertz CT molecular complexity index is 463. The van der Waals surface area contributed by atoms with E-state index < -0.39 is 17.5 Å². The highest BCUT2D eigenvalue weighted by atomic mass is 19.2. The normalized spacial score (nSPS) is 27.4. The molecule has 0 spiro atoms. The van der Waals surface area contributed by atoms with Gasteiger partial charge in [0.1, 0.15) is 0 Å². The van der Waals surface area contributed by atoms with Gasteiger partial charge in [-0.1, -0.05) is 0 Å². The predicted molar refractivity (Wildman–Crippen MR) is 70.8 cm³/mol. The van der Waals surface area contributed by atoms with Crippen LogP contribution in [0, 0.1) is 17.5 Å². The van der Waals surface area contributed by atoms with E-state index in [1.54, 1.807) is 0 Å². The lowest BCUT2D eigenvalue weighted by atomic mass is 10.0. The minimum atomic E-state index is -1.39. The van der Waals surface area contributed by atoms with Gasteiger partial charge in [-0.05, 0) is 56.5 Å². The van der Waals surface area contributed by atoms with E-state index in [1.807, 2.05) is 0 Å². The van der Waals surface area contributed by atoms with E-state index in [9.17, 15) is 13.2 Å². The minimum absolute atomic E-state index is 0.425. The molecule has 0 saturated carbocycles. The summed E-state index contributed by atoms with van der Waals surface area (Å²) in [6.07, 6.45) is 4.57. The first-order valence-electron chi connectivity index (χ1n) is 7.26. The molecule has 2 heterocycles. The molecule has 2 fully saturated rings. The Morgan fingerprint density at radius 1 is 1.10 bits per heavy atom. The van der Waals surface area contributed by atoms with Crippen LogP contribution in [0.4, 0.5) is 13.2 Å². The van der Waals surface area contributed by atoms with Crippen LogP contribution in [0.1, 0.15) is 31.2 Å². The summed E-state index contributed by atoms with van der Waals surface area (Å²) < 4.78 is 39.5. The van der Waals surface area contributed by atoms with Gasteiger partial charge in [0.05, 0.1) is 0 Å². The zero-order valence-corrected chi connectivity index (χ0v) is 11.3. The maximum atomic E-state index is 13.3. The molecule has 2 nitrogen and oxygen atoms in total. The Labute approximate surface area is 117 Å². The van der Waals surface area contributed by atoms with E-state index >= 15 is 0 Å². The van der Waals surface area contributed by atoms with Gasteiger partial charge >= 0.3 is 0 Å². The third-order valence-electron chi connectivity index (χ3n) is 4.41. The van der Waals surface area contributed by atoms with Gasteiger partial charge in [-0.3, -0.25) is 4.90 Å². The fraction of sp³-hybridized carbons (Fsp3) is 0.600. The second-order valence-corrected chi connectivity index (χ2v) is 5.76. The van der Waals surface area contributed by atoms with Gasteiger partial charge in [0.2, 0.25) is 0 Å². The summed E-state index contributed by atoms with van der Waals surface area (Å²) in [6, 6.07) is 3.12. The zero-order valence-electron chi connectivity index (χ0n) is 11.3. The molecule has 1 N–H and O–H groups in total. The lowest BCUT2D eigenvalue weighted by molar-refractivity contribution is 0.206. The number of hydrogen-bond donors (Lipinski definition) is 1. The molecule has 0 bridgehead atoms. The molecule has 0 radical (unpaired) electrons. The topological polar surface area (TPSA) is 15.3 Å². The molecular formula is C15H19F3N2. The van der Waals surface area contributed by atoms with Gasteiger partial charge in [0.15, 0.2) is 17.5 Å². The largest absolute Gasteiger partial charge is 0.312 e. The van der Waals surface area contributed by atoms with Gasteiger partial charge < -0.3 is 5.32 Å². The Morgan fingerprint density at radius 2 is 1.85 bits per heavy atom. The van der Waals surface area contributed by atoms with E-state index in [1.165, 1.54) is 6.42 Å². The highest BCUT2D eigenvalue weighted by Gasteiger charge is 2.33. The Morgan fingerprint density at radius 3 is 2.50 bits per heavy atom. The smallest absolute Gasteiger partial charge is 0.194 e. The molecule has 110 valence electrons. The van der Waals surface area contributed by atoms with E-state index in [4.69, 9.17) is 0 Å². The van der Waals surface area contributed by atoms with Crippen LogP contribution >= 0.6 is 0 Å². The van der Waals surface area contributed by atoms with Gasteiger partial charge in [0.25, 0.3) is 0 Å².